The predicted molar refractivity (Wildman–Crippen MR) is 136 cm³/mol. The Morgan fingerprint density at radius 1 is 1.18 bits per heavy atom. The van der Waals surface area contributed by atoms with Crippen LogP contribution in [-0.2, 0) is 25.7 Å². The number of hydrogen-bond donors (Lipinski definition) is 1. The molecule has 0 aromatic heterocycles. The first-order chi connectivity index (χ1) is 16.2. The van der Waals surface area contributed by atoms with Gasteiger partial charge in [-0.25, -0.2) is 4.79 Å². The fraction of sp³-hybridized carbons (Fsp3) is 0.250. The molecule has 10 heteroatoms. The van der Waals surface area contributed by atoms with Crippen LogP contribution in [0.4, 0.5) is 0 Å². The lowest BCUT2D eigenvalue weighted by Gasteiger charge is -2.32. The number of benzene rings is 2. The molecule has 1 aliphatic carbocycles. The van der Waals surface area contributed by atoms with Crippen LogP contribution in [-0.4, -0.2) is 18.9 Å². The van der Waals surface area contributed by atoms with Crippen molar-refractivity contribution < 1.29 is 23.8 Å². The van der Waals surface area contributed by atoms with Crippen LogP contribution in [0.2, 0.25) is 10.0 Å². The number of ketones is 1. The third kappa shape index (κ3) is 4.87. The molecule has 0 bridgehead atoms. The van der Waals surface area contributed by atoms with Gasteiger partial charge in [-0.2, -0.15) is 0 Å². The molecule has 4 rings (SSSR count). The van der Waals surface area contributed by atoms with E-state index in [2.05, 4.69) is 31.9 Å². The first kappa shape index (κ1) is 25.1. The van der Waals surface area contributed by atoms with Crippen molar-refractivity contribution in [3.05, 3.63) is 83.2 Å². The predicted octanol–water partition coefficient (Wildman–Crippen LogP) is 6.56. The summed E-state index contributed by atoms with van der Waals surface area (Å²) in [6.07, 6.45) is 1.61. The molecule has 0 saturated carbocycles. The quantitative estimate of drug-likeness (QED) is 0.376. The number of carbonyl (C=O) groups excluding carboxylic acids is 2. The Morgan fingerprint density at radius 3 is 2.53 bits per heavy atom. The first-order valence-electron chi connectivity index (χ1n) is 10.3. The molecular formula is C24H19Br2Cl2NO5. The maximum absolute atomic E-state index is 12.9. The van der Waals surface area contributed by atoms with E-state index in [4.69, 9.17) is 43.1 Å². The number of nitrogens with two attached hydrogens (primary N) is 1. The summed E-state index contributed by atoms with van der Waals surface area (Å²) in [6, 6.07) is 8.77. The fourth-order valence-electron chi connectivity index (χ4n) is 4.07. The Morgan fingerprint density at radius 2 is 1.88 bits per heavy atom. The van der Waals surface area contributed by atoms with Gasteiger partial charge in [0.15, 0.2) is 5.78 Å². The minimum atomic E-state index is -0.726. The number of hydrogen-bond acceptors (Lipinski definition) is 6. The SMILES string of the molecule is COC(=O)C1=C(N)OC2=C(C(=O)CCC2)[C@@H]1c1cc(Br)c(OCc2ccc(Cl)cc2Cl)c(Br)c1. The number of carbonyl (C=O) groups is 2. The van der Waals surface area contributed by atoms with E-state index in [1.165, 1.54) is 7.11 Å². The zero-order valence-electron chi connectivity index (χ0n) is 17.9. The molecule has 1 aliphatic heterocycles. The Labute approximate surface area is 223 Å². The van der Waals surface area contributed by atoms with Gasteiger partial charge in [0.2, 0.25) is 5.88 Å². The molecule has 2 N–H and O–H groups in total. The van der Waals surface area contributed by atoms with E-state index in [1.807, 2.05) is 0 Å². The average Bonchev–Trinajstić information content (AvgIpc) is 2.78. The van der Waals surface area contributed by atoms with Crippen molar-refractivity contribution in [2.24, 2.45) is 5.73 Å². The highest BCUT2D eigenvalue weighted by Gasteiger charge is 2.41. The molecule has 2 aliphatic rings. The zero-order valence-corrected chi connectivity index (χ0v) is 22.6. The lowest BCUT2D eigenvalue weighted by Crippen LogP contribution is -2.31. The van der Waals surface area contributed by atoms with Crippen molar-refractivity contribution in [3.63, 3.8) is 0 Å². The molecular weight excluding hydrogens is 613 g/mol. The van der Waals surface area contributed by atoms with E-state index < -0.39 is 11.9 Å². The Balaban J connectivity index is 1.73. The number of esters is 1. The Kier molecular flexibility index (Phi) is 7.62. The van der Waals surface area contributed by atoms with Crippen molar-refractivity contribution in [1.29, 1.82) is 0 Å². The lowest BCUT2D eigenvalue weighted by molar-refractivity contribution is -0.136. The highest BCUT2D eigenvalue weighted by Crippen LogP contribution is 2.47. The van der Waals surface area contributed by atoms with Crippen molar-refractivity contribution in [2.45, 2.75) is 31.8 Å². The lowest BCUT2D eigenvalue weighted by atomic mass is 9.77. The maximum Gasteiger partial charge on any atom is 0.340 e. The van der Waals surface area contributed by atoms with Crippen LogP contribution in [0.5, 0.6) is 5.75 Å². The molecule has 1 heterocycles. The van der Waals surface area contributed by atoms with Crippen LogP contribution in [0.3, 0.4) is 0 Å². The van der Waals surface area contributed by atoms with Gasteiger partial charge in [0, 0.05) is 34.0 Å². The Hall–Kier alpha value is -2.00. The van der Waals surface area contributed by atoms with E-state index in [-0.39, 0.29) is 23.8 Å². The molecule has 0 radical (unpaired) electrons. The molecule has 0 fully saturated rings. The van der Waals surface area contributed by atoms with Gasteiger partial charge in [-0.05, 0) is 68.1 Å². The van der Waals surface area contributed by atoms with Gasteiger partial charge in [0.1, 0.15) is 23.7 Å². The van der Waals surface area contributed by atoms with Gasteiger partial charge in [0.05, 0.1) is 22.0 Å². The standard InChI is InChI=1S/C24H19Br2Cl2NO5/c1-32-24(31)21-19(20-17(30)3-2-4-18(20)34-23(21)29)12-7-14(25)22(15(26)8-12)33-10-11-5-6-13(27)9-16(11)28/h5-9,19H,2-4,10,29H2,1H3/t19-/m0/s1. The summed E-state index contributed by atoms with van der Waals surface area (Å²) in [7, 11) is 1.26. The van der Waals surface area contributed by atoms with Crippen molar-refractivity contribution in [2.75, 3.05) is 7.11 Å². The summed E-state index contributed by atoms with van der Waals surface area (Å²) in [5.74, 6) is -0.493. The fourth-order valence-corrected chi connectivity index (χ4v) is 5.98. The molecule has 0 spiro atoms. The van der Waals surface area contributed by atoms with Crippen LogP contribution in [0.25, 0.3) is 0 Å². The third-order valence-corrected chi connectivity index (χ3v) is 7.40. The van der Waals surface area contributed by atoms with Crippen molar-refractivity contribution in [1.82, 2.24) is 0 Å². The van der Waals surface area contributed by atoms with Gasteiger partial charge in [-0.1, -0.05) is 29.3 Å². The van der Waals surface area contributed by atoms with Gasteiger partial charge in [-0.3, -0.25) is 4.79 Å². The van der Waals surface area contributed by atoms with E-state index in [1.54, 1.807) is 30.3 Å². The average molecular weight is 632 g/mol. The van der Waals surface area contributed by atoms with E-state index >= 15 is 0 Å². The third-order valence-electron chi connectivity index (χ3n) is 5.63. The topological polar surface area (TPSA) is 87.9 Å². The second-order valence-electron chi connectivity index (χ2n) is 7.76. The van der Waals surface area contributed by atoms with Gasteiger partial charge in [0.25, 0.3) is 0 Å². The van der Waals surface area contributed by atoms with Gasteiger partial charge < -0.3 is 19.9 Å². The molecule has 6 nitrogen and oxygen atoms in total. The highest BCUT2D eigenvalue weighted by atomic mass is 79.9. The van der Waals surface area contributed by atoms with Crippen LogP contribution in [0.1, 0.15) is 36.3 Å². The van der Waals surface area contributed by atoms with Crippen LogP contribution in [0.15, 0.2) is 62.1 Å². The summed E-state index contributed by atoms with van der Waals surface area (Å²) in [5.41, 5.74) is 8.07. The zero-order chi connectivity index (χ0) is 24.6. The summed E-state index contributed by atoms with van der Waals surface area (Å²) in [5, 5.41) is 1.04. The summed E-state index contributed by atoms with van der Waals surface area (Å²) >= 11 is 19.3. The second-order valence-corrected chi connectivity index (χ2v) is 10.3. The highest BCUT2D eigenvalue weighted by molar-refractivity contribution is 9.11. The molecule has 34 heavy (non-hydrogen) atoms. The number of allylic oxidation sites excluding steroid dienone is 2. The molecule has 1 atom stereocenters. The number of halogens is 4. The monoisotopic (exact) mass is 629 g/mol. The minimum absolute atomic E-state index is 0.0600. The summed E-state index contributed by atoms with van der Waals surface area (Å²) in [6.45, 7) is 0.206. The summed E-state index contributed by atoms with van der Waals surface area (Å²) in [4.78, 5) is 25.6. The van der Waals surface area contributed by atoms with Crippen molar-refractivity contribution in [3.8, 4) is 5.75 Å². The number of methoxy groups -OCH3 is 1. The van der Waals surface area contributed by atoms with E-state index in [9.17, 15) is 9.59 Å². The minimum Gasteiger partial charge on any atom is -0.486 e. The molecule has 0 unspecified atom stereocenters. The second kappa shape index (κ2) is 10.3. The van der Waals surface area contributed by atoms with E-state index in [0.717, 1.165) is 5.56 Å². The van der Waals surface area contributed by atoms with E-state index in [0.29, 0.717) is 60.9 Å². The maximum atomic E-state index is 12.9. The Bertz CT molecular complexity index is 1230. The van der Waals surface area contributed by atoms with Gasteiger partial charge in [-0.15, -0.1) is 0 Å². The molecule has 0 amide bonds. The largest absolute Gasteiger partial charge is 0.486 e. The molecule has 2 aromatic carbocycles. The van der Waals surface area contributed by atoms with Crippen molar-refractivity contribution >= 4 is 66.8 Å². The summed E-state index contributed by atoms with van der Waals surface area (Å²) < 4.78 is 17.9. The molecule has 2 aromatic rings. The van der Waals surface area contributed by atoms with Crippen LogP contribution in [0, 0.1) is 0 Å². The first-order valence-corrected chi connectivity index (χ1v) is 12.6. The smallest absolute Gasteiger partial charge is 0.340 e. The van der Waals surface area contributed by atoms with Gasteiger partial charge >= 0.3 is 5.97 Å². The molecule has 178 valence electrons. The normalized spacial score (nSPS) is 17.9. The molecule has 0 saturated heterocycles. The number of ether oxygens (including phenoxy) is 3. The van der Waals surface area contributed by atoms with Crippen LogP contribution < -0.4 is 10.5 Å². The van der Waals surface area contributed by atoms with Crippen LogP contribution >= 0.6 is 55.1 Å². The number of Topliss-reactive ketones (excluding diaryl/α,β-unsaturated/α-hetero) is 1. The number of rotatable bonds is 5.